The molecule has 3 aromatic rings. The fraction of sp³-hybridized carbons (Fsp3) is 0.238. The Balaban J connectivity index is 1.47. The first kappa shape index (κ1) is 20.5. The zero-order valence-electron chi connectivity index (χ0n) is 15.8. The van der Waals surface area contributed by atoms with Crippen LogP contribution in [0.2, 0.25) is 5.02 Å². The zero-order chi connectivity index (χ0) is 20.8. The molecular weight excluding hydrogens is 394 g/mol. The molecule has 1 amide bonds. The lowest BCUT2D eigenvalue weighted by Crippen LogP contribution is -2.31. The molecule has 3 rings (SSSR count). The third kappa shape index (κ3) is 5.65. The summed E-state index contributed by atoms with van der Waals surface area (Å²) in [5, 5.41) is 3.81. The number of esters is 1. The summed E-state index contributed by atoms with van der Waals surface area (Å²) in [7, 11) is 0. The summed E-state index contributed by atoms with van der Waals surface area (Å²) in [5.41, 5.74) is 1.16. The molecule has 0 aliphatic rings. The average Bonchev–Trinajstić information content (AvgIpc) is 2.71. The van der Waals surface area contributed by atoms with E-state index in [4.69, 9.17) is 16.3 Å². The molecule has 8 heteroatoms. The van der Waals surface area contributed by atoms with Gasteiger partial charge in [0, 0.05) is 11.4 Å². The minimum absolute atomic E-state index is 0.00158. The van der Waals surface area contributed by atoms with E-state index < -0.39 is 11.9 Å². The number of para-hydroxylation sites is 1. The summed E-state index contributed by atoms with van der Waals surface area (Å²) >= 11 is 5.95. The molecule has 150 valence electrons. The van der Waals surface area contributed by atoms with E-state index in [1.54, 1.807) is 42.5 Å². The Morgan fingerprint density at radius 1 is 1.21 bits per heavy atom. The van der Waals surface area contributed by atoms with Crippen LogP contribution in [0.3, 0.4) is 0 Å². The van der Waals surface area contributed by atoms with Crippen molar-refractivity contribution in [2.45, 2.75) is 25.8 Å². The summed E-state index contributed by atoms with van der Waals surface area (Å²) in [6, 6.07) is 13.8. The van der Waals surface area contributed by atoms with Gasteiger partial charge in [0.1, 0.15) is 5.82 Å². The number of aromatic nitrogens is 2. The van der Waals surface area contributed by atoms with Gasteiger partial charge < -0.3 is 15.0 Å². The number of carbonyl (C=O) groups is 2. The Morgan fingerprint density at radius 3 is 2.79 bits per heavy atom. The van der Waals surface area contributed by atoms with Crippen molar-refractivity contribution in [1.82, 2.24) is 15.3 Å². The highest BCUT2D eigenvalue weighted by Crippen LogP contribution is 2.17. The Bertz CT molecular complexity index is 1100. The largest absolute Gasteiger partial charge is 0.456 e. The summed E-state index contributed by atoms with van der Waals surface area (Å²) in [6.45, 7) is 1.43. The molecule has 0 aliphatic carbocycles. The van der Waals surface area contributed by atoms with Gasteiger partial charge in [-0.3, -0.25) is 14.4 Å². The molecule has 1 heterocycles. The molecule has 0 radical (unpaired) electrons. The lowest BCUT2D eigenvalue weighted by atomic mass is 10.1. The number of aromatic amines is 1. The van der Waals surface area contributed by atoms with Crippen LogP contribution in [0.5, 0.6) is 0 Å². The summed E-state index contributed by atoms with van der Waals surface area (Å²) < 4.78 is 5.01. The number of aryl methyl sites for hydroxylation is 1. The SMILES string of the molecule is C[C@@H](NC(=O)COC(=O)CCc1nc2ccccc2c(=O)[nH]1)c1cccc(Cl)c1. The van der Waals surface area contributed by atoms with Crippen LogP contribution in [0.4, 0.5) is 0 Å². The van der Waals surface area contributed by atoms with Crippen molar-refractivity contribution in [3.8, 4) is 0 Å². The number of halogens is 1. The first-order chi connectivity index (χ1) is 13.9. The van der Waals surface area contributed by atoms with Crippen LogP contribution in [-0.4, -0.2) is 28.5 Å². The molecular formula is C21H20ClN3O4. The predicted octanol–water partition coefficient (Wildman–Crippen LogP) is 2.93. The van der Waals surface area contributed by atoms with Crippen LogP contribution in [-0.2, 0) is 20.7 Å². The van der Waals surface area contributed by atoms with Gasteiger partial charge in [0.15, 0.2) is 6.61 Å². The fourth-order valence-corrected chi connectivity index (χ4v) is 3.03. The third-order valence-corrected chi connectivity index (χ3v) is 4.55. The van der Waals surface area contributed by atoms with E-state index in [0.717, 1.165) is 5.56 Å². The van der Waals surface area contributed by atoms with Crippen molar-refractivity contribution in [1.29, 1.82) is 0 Å². The second kappa shape index (κ2) is 9.34. The second-order valence-corrected chi connectivity index (χ2v) is 6.97. The monoisotopic (exact) mass is 413 g/mol. The number of H-pyrrole nitrogens is 1. The number of nitrogens with one attached hydrogen (secondary N) is 2. The van der Waals surface area contributed by atoms with Crippen molar-refractivity contribution in [2.24, 2.45) is 0 Å². The average molecular weight is 414 g/mol. The van der Waals surface area contributed by atoms with Gasteiger partial charge in [-0.2, -0.15) is 0 Å². The predicted molar refractivity (Wildman–Crippen MR) is 110 cm³/mol. The molecule has 0 saturated heterocycles. The minimum Gasteiger partial charge on any atom is -0.456 e. The van der Waals surface area contributed by atoms with E-state index in [1.165, 1.54) is 0 Å². The van der Waals surface area contributed by atoms with Crippen LogP contribution in [0.1, 0.15) is 30.8 Å². The summed E-state index contributed by atoms with van der Waals surface area (Å²) in [5.74, 6) is -0.570. The number of hydrogen-bond donors (Lipinski definition) is 2. The number of nitrogens with zero attached hydrogens (tertiary/aromatic N) is 1. The minimum atomic E-state index is -0.550. The van der Waals surface area contributed by atoms with Crippen molar-refractivity contribution >= 4 is 34.4 Å². The maximum Gasteiger partial charge on any atom is 0.306 e. The van der Waals surface area contributed by atoms with Crippen LogP contribution in [0.25, 0.3) is 10.9 Å². The van der Waals surface area contributed by atoms with Crippen molar-refractivity contribution in [3.63, 3.8) is 0 Å². The van der Waals surface area contributed by atoms with Crippen LogP contribution < -0.4 is 10.9 Å². The molecule has 2 aromatic carbocycles. The zero-order valence-corrected chi connectivity index (χ0v) is 16.5. The maximum absolute atomic E-state index is 12.0. The molecule has 1 atom stereocenters. The van der Waals surface area contributed by atoms with E-state index >= 15 is 0 Å². The standard InChI is InChI=1S/C21H20ClN3O4/c1-13(14-5-4-6-15(22)11-14)23-19(26)12-29-20(27)10-9-18-24-17-8-3-2-7-16(17)21(28)25-18/h2-8,11,13H,9-10,12H2,1H3,(H,23,26)(H,24,25,28)/t13-/m1/s1. The third-order valence-electron chi connectivity index (χ3n) is 4.32. The van der Waals surface area contributed by atoms with E-state index in [0.29, 0.717) is 21.7 Å². The number of ether oxygens (including phenoxy) is 1. The van der Waals surface area contributed by atoms with Crippen molar-refractivity contribution < 1.29 is 14.3 Å². The molecule has 29 heavy (non-hydrogen) atoms. The second-order valence-electron chi connectivity index (χ2n) is 6.53. The highest BCUT2D eigenvalue weighted by Gasteiger charge is 2.13. The maximum atomic E-state index is 12.0. The van der Waals surface area contributed by atoms with Crippen molar-refractivity contribution in [2.75, 3.05) is 6.61 Å². The number of rotatable bonds is 7. The smallest absolute Gasteiger partial charge is 0.306 e. The molecule has 0 unspecified atom stereocenters. The summed E-state index contributed by atoms with van der Waals surface area (Å²) in [6.07, 6.45) is 0.206. The molecule has 0 fully saturated rings. The van der Waals surface area contributed by atoms with Gasteiger partial charge in [0.2, 0.25) is 0 Å². The quantitative estimate of drug-likeness (QED) is 0.580. The van der Waals surface area contributed by atoms with Gasteiger partial charge in [-0.1, -0.05) is 35.9 Å². The molecule has 0 spiro atoms. The highest BCUT2D eigenvalue weighted by atomic mass is 35.5. The Morgan fingerprint density at radius 2 is 2.00 bits per heavy atom. The normalized spacial score (nSPS) is 11.8. The van der Waals surface area contributed by atoms with E-state index in [2.05, 4.69) is 15.3 Å². The van der Waals surface area contributed by atoms with Crippen LogP contribution in [0.15, 0.2) is 53.3 Å². The summed E-state index contributed by atoms with van der Waals surface area (Å²) in [4.78, 5) is 42.9. The molecule has 0 bridgehead atoms. The Labute approximate surface area is 172 Å². The highest BCUT2D eigenvalue weighted by molar-refractivity contribution is 6.30. The van der Waals surface area contributed by atoms with Crippen LogP contribution in [0, 0.1) is 0 Å². The van der Waals surface area contributed by atoms with Gasteiger partial charge in [-0.05, 0) is 36.8 Å². The molecule has 1 aromatic heterocycles. The number of amides is 1. The number of fused-ring (bicyclic) bond motifs is 1. The van der Waals surface area contributed by atoms with E-state index in [-0.39, 0.29) is 31.0 Å². The number of carbonyl (C=O) groups excluding carboxylic acids is 2. The van der Waals surface area contributed by atoms with E-state index in [1.807, 2.05) is 13.0 Å². The first-order valence-electron chi connectivity index (χ1n) is 9.11. The number of benzene rings is 2. The van der Waals surface area contributed by atoms with Gasteiger partial charge >= 0.3 is 5.97 Å². The first-order valence-corrected chi connectivity index (χ1v) is 9.48. The van der Waals surface area contributed by atoms with Gasteiger partial charge in [0.25, 0.3) is 11.5 Å². The van der Waals surface area contributed by atoms with Gasteiger partial charge in [0.05, 0.1) is 23.4 Å². The van der Waals surface area contributed by atoms with Crippen molar-refractivity contribution in [3.05, 3.63) is 75.3 Å². The fourth-order valence-electron chi connectivity index (χ4n) is 2.83. The Hall–Kier alpha value is -3.19. The molecule has 2 N–H and O–H groups in total. The van der Waals surface area contributed by atoms with Gasteiger partial charge in [-0.25, -0.2) is 4.98 Å². The van der Waals surface area contributed by atoms with Gasteiger partial charge in [-0.15, -0.1) is 0 Å². The molecule has 0 aliphatic heterocycles. The molecule has 7 nitrogen and oxygen atoms in total. The van der Waals surface area contributed by atoms with Crippen LogP contribution >= 0.6 is 11.6 Å². The van der Waals surface area contributed by atoms with E-state index in [9.17, 15) is 14.4 Å². The number of hydrogen-bond acceptors (Lipinski definition) is 5. The molecule has 0 saturated carbocycles. The lowest BCUT2D eigenvalue weighted by molar-refractivity contribution is -0.148. The topological polar surface area (TPSA) is 101 Å². The lowest BCUT2D eigenvalue weighted by Gasteiger charge is -2.14. The Kier molecular flexibility index (Phi) is 6.61.